The number of hydrogen-bond donors (Lipinski definition) is 0. The highest BCUT2D eigenvalue weighted by atomic mass is 32.1. The van der Waals surface area contributed by atoms with E-state index in [1.165, 1.54) is 64.3 Å². The topological polar surface area (TPSA) is 16.4 Å². The van der Waals surface area contributed by atoms with Crippen LogP contribution in [0.5, 0.6) is 0 Å². The summed E-state index contributed by atoms with van der Waals surface area (Å²) in [5, 5.41) is 7.39. The number of fused-ring (bicyclic) bond motifs is 7. The minimum absolute atomic E-state index is 0.899. The maximum atomic E-state index is 6.19. The lowest BCUT2D eigenvalue weighted by molar-refractivity contribution is 0.669. The van der Waals surface area contributed by atoms with Gasteiger partial charge < -0.3 is 9.32 Å². The van der Waals surface area contributed by atoms with Crippen molar-refractivity contribution in [1.29, 1.82) is 0 Å². The van der Waals surface area contributed by atoms with Crippen molar-refractivity contribution in [3.63, 3.8) is 0 Å². The zero-order valence-corrected chi connectivity index (χ0v) is 33.9. The molecular formula is C58H37NOS. The van der Waals surface area contributed by atoms with Gasteiger partial charge in [-0.05, 0) is 122 Å². The van der Waals surface area contributed by atoms with Crippen molar-refractivity contribution in [2.75, 3.05) is 4.90 Å². The lowest BCUT2D eigenvalue weighted by atomic mass is 9.96. The fraction of sp³-hybridized carbons (Fsp3) is 0. The van der Waals surface area contributed by atoms with Gasteiger partial charge in [0, 0.05) is 48.0 Å². The van der Waals surface area contributed by atoms with E-state index in [9.17, 15) is 0 Å². The van der Waals surface area contributed by atoms with E-state index in [4.69, 9.17) is 4.42 Å². The van der Waals surface area contributed by atoms with Crippen LogP contribution in [0, 0.1) is 0 Å². The van der Waals surface area contributed by atoms with Gasteiger partial charge in [0.25, 0.3) is 0 Å². The highest BCUT2D eigenvalue weighted by Gasteiger charge is 2.18. The second-order valence-corrected chi connectivity index (χ2v) is 16.8. The molecule has 10 aromatic carbocycles. The van der Waals surface area contributed by atoms with E-state index >= 15 is 0 Å². The summed E-state index contributed by atoms with van der Waals surface area (Å²) >= 11 is 1.86. The standard InChI is InChI=1S/C58H37NOS/c1-2-17-48-40(11-1)12-9-20-49(48)41-27-25-38(26-28-41)39-29-32-45(33-30-39)59(46-15-7-13-42(35-46)43-31-34-55-53(37-43)51-18-3-5-22-54(51)60-55)47-16-8-14-44(36-47)50-21-10-24-57-58(50)52-19-4-6-23-56(52)61-57/h1-37H. The molecule has 0 amide bonds. The number of thiophene rings is 1. The van der Waals surface area contributed by atoms with Crippen LogP contribution in [0.2, 0.25) is 0 Å². The van der Waals surface area contributed by atoms with E-state index in [0.717, 1.165) is 50.1 Å². The lowest BCUT2D eigenvalue weighted by Gasteiger charge is -2.27. The van der Waals surface area contributed by atoms with Gasteiger partial charge in [-0.2, -0.15) is 0 Å². The summed E-state index contributed by atoms with van der Waals surface area (Å²) in [7, 11) is 0. The van der Waals surface area contributed by atoms with E-state index in [1.54, 1.807) is 0 Å². The molecule has 0 aliphatic rings. The highest BCUT2D eigenvalue weighted by molar-refractivity contribution is 7.25. The van der Waals surface area contributed by atoms with Crippen LogP contribution in [0.15, 0.2) is 229 Å². The van der Waals surface area contributed by atoms with Crippen molar-refractivity contribution in [1.82, 2.24) is 0 Å². The number of hydrogen-bond acceptors (Lipinski definition) is 3. The first-order valence-electron chi connectivity index (χ1n) is 20.7. The Labute approximate surface area is 357 Å². The molecule has 0 N–H and O–H groups in total. The van der Waals surface area contributed by atoms with Gasteiger partial charge in [0.05, 0.1) is 0 Å². The van der Waals surface area contributed by atoms with Crippen LogP contribution >= 0.6 is 11.3 Å². The van der Waals surface area contributed by atoms with Crippen molar-refractivity contribution in [3.8, 4) is 44.5 Å². The third-order valence-corrected chi connectivity index (χ3v) is 13.2. The van der Waals surface area contributed by atoms with E-state index in [1.807, 2.05) is 23.5 Å². The first-order valence-corrected chi connectivity index (χ1v) is 21.5. The van der Waals surface area contributed by atoms with Crippen molar-refractivity contribution in [3.05, 3.63) is 224 Å². The maximum absolute atomic E-state index is 6.19. The first kappa shape index (κ1) is 35.2. The van der Waals surface area contributed by atoms with Gasteiger partial charge in [0.1, 0.15) is 11.2 Å². The molecule has 0 radical (unpaired) electrons. The Kier molecular flexibility index (Phi) is 8.39. The smallest absolute Gasteiger partial charge is 0.135 e. The van der Waals surface area contributed by atoms with Gasteiger partial charge in [0.2, 0.25) is 0 Å². The maximum Gasteiger partial charge on any atom is 0.135 e. The molecule has 2 heterocycles. The number of para-hydroxylation sites is 1. The summed E-state index contributed by atoms with van der Waals surface area (Å²) in [6.45, 7) is 0. The summed E-state index contributed by atoms with van der Waals surface area (Å²) in [6, 6.07) is 81.3. The van der Waals surface area contributed by atoms with Crippen molar-refractivity contribution >= 4 is 81.3 Å². The number of benzene rings is 10. The lowest BCUT2D eigenvalue weighted by Crippen LogP contribution is -2.10. The SMILES string of the molecule is c1cc(-c2ccc3oc4ccccc4c3c2)cc(N(c2ccc(-c3ccc(-c4cccc5ccccc45)cc3)cc2)c2cccc(-c3cccc4sc5ccccc5c34)c2)c1. The molecule has 61 heavy (non-hydrogen) atoms. The van der Waals surface area contributed by atoms with Gasteiger partial charge in [-0.15, -0.1) is 11.3 Å². The normalized spacial score (nSPS) is 11.6. The Hall–Kier alpha value is -7.72. The van der Waals surface area contributed by atoms with Crippen molar-refractivity contribution in [2.45, 2.75) is 0 Å². The molecule has 0 fully saturated rings. The monoisotopic (exact) mass is 795 g/mol. The molecule has 0 aliphatic carbocycles. The summed E-state index contributed by atoms with van der Waals surface area (Å²) in [6.07, 6.45) is 0. The minimum Gasteiger partial charge on any atom is -0.456 e. The highest BCUT2D eigenvalue weighted by Crippen LogP contribution is 2.43. The zero-order chi connectivity index (χ0) is 40.3. The molecule has 12 aromatic rings. The van der Waals surface area contributed by atoms with Crippen LogP contribution in [0.4, 0.5) is 17.1 Å². The summed E-state index contributed by atoms with van der Waals surface area (Å²) < 4.78 is 8.80. The Balaban J connectivity index is 0.958. The largest absolute Gasteiger partial charge is 0.456 e. The van der Waals surface area contributed by atoms with E-state index in [0.29, 0.717) is 0 Å². The van der Waals surface area contributed by atoms with E-state index < -0.39 is 0 Å². The third kappa shape index (κ3) is 6.18. The fourth-order valence-electron chi connectivity index (χ4n) is 9.13. The summed E-state index contributed by atoms with van der Waals surface area (Å²) in [5.74, 6) is 0. The Morgan fingerprint density at radius 2 is 0.869 bits per heavy atom. The molecule has 0 saturated carbocycles. The van der Waals surface area contributed by atoms with Crippen LogP contribution in [-0.4, -0.2) is 0 Å². The van der Waals surface area contributed by atoms with Crippen molar-refractivity contribution < 1.29 is 4.42 Å². The number of rotatable bonds is 7. The summed E-state index contributed by atoms with van der Waals surface area (Å²) in [5.41, 5.74) is 14.6. The van der Waals surface area contributed by atoms with E-state index in [-0.39, 0.29) is 0 Å². The zero-order valence-electron chi connectivity index (χ0n) is 33.1. The molecule has 2 aromatic heterocycles. The molecule has 2 nitrogen and oxygen atoms in total. The summed E-state index contributed by atoms with van der Waals surface area (Å²) in [4.78, 5) is 2.39. The van der Waals surface area contributed by atoms with Crippen LogP contribution in [0.3, 0.4) is 0 Å². The fourth-order valence-corrected chi connectivity index (χ4v) is 10.3. The van der Waals surface area contributed by atoms with Gasteiger partial charge in [-0.1, -0.05) is 158 Å². The van der Waals surface area contributed by atoms with Crippen LogP contribution in [0.1, 0.15) is 0 Å². The van der Waals surface area contributed by atoms with Gasteiger partial charge in [-0.3, -0.25) is 0 Å². The molecule has 286 valence electrons. The minimum atomic E-state index is 0.899. The molecule has 0 aliphatic heterocycles. The second-order valence-electron chi connectivity index (χ2n) is 15.7. The molecule has 0 bridgehead atoms. The molecule has 12 rings (SSSR count). The van der Waals surface area contributed by atoms with Gasteiger partial charge in [-0.25, -0.2) is 0 Å². The molecule has 0 saturated heterocycles. The average molecular weight is 796 g/mol. The Morgan fingerprint density at radius 3 is 1.70 bits per heavy atom. The van der Waals surface area contributed by atoms with E-state index in [2.05, 4.69) is 217 Å². The quantitative estimate of drug-likeness (QED) is 0.160. The van der Waals surface area contributed by atoms with Crippen molar-refractivity contribution in [2.24, 2.45) is 0 Å². The molecule has 0 spiro atoms. The molecule has 0 atom stereocenters. The first-order chi connectivity index (χ1) is 30.2. The Morgan fingerprint density at radius 1 is 0.311 bits per heavy atom. The second kappa shape index (κ2) is 14.5. The van der Waals surface area contributed by atoms with Gasteiger partial charge in [0.15, 0.2) is 0 Å². The molecular weight excluding hydrogens is 759 g/mol. The molecule has 3 heteroatoms. The predicted octanol–water partition coefficient (Wildman–Crippen LogP) is 17.2. The third-order valence-electron chi connectivity index (χ3n) is 12.1. The average Bonchev–Trinajstić information content (AvgIpc) is 3.90. The number of anilines is 3. The van der Waals surface area contributed by atoms with Gasteiger partial charge >= 0.3 is 0 Å². The van der Waals surface area contributed by atoms with Crippen LogP contribution < -0.4 is 4.90 Å². The Bertz CT molecular complexity index is 3590. The molecule has 0 unspecified atom stereocenters. The number of furan rings is 1. The predicted molar refractivity (Wildman–Crippen MR) is 261 cm³/mol. The van der Waals surface area contributed by atoms with Crippen LogP contribution in [0.25, 0.3) is 97.4 Å². The number of nitrogens with zero attached hydrogens (tertiary/aromatic N) is 1. The van der Waals surface area contributed by atoms with Crippen LogP contribution in [-0.2, 0) is 0 Å².